The van der Waals surface area contributed by atoms with Crippen LogP contribution in [0.5, 0.6) is 0 Å². The Kier molecular flexibility index (Phi) is 7.82. The largest absolute Gasteiger partial charge is 0.206 e. The van der Waals surface area contributed by atoms with Crippen LogP contribution in [0.15, 0.2) is 59.1 Å². The van der Waals surface area contributed by atoms with Crippen molar-refractivity contribution in [3.8, 4) is 23.0 Å². The summed E-state index contributed by atoms with van der Waals surface area (Å²) in [4.78, 5) is 0. The first-order valence-corrected chi connectivity index (χ1v) is 11.2. The van der Waals surface area contributed by atoms with Crippen molar-refractivity contribution in [1.82, 2.24) is 0 Å². The fourth-order valence-corrected chi connectivity index (χ4v) is 3.86. The minimum atomic E-state index is -0.582. The fraction of sp³-hybridized carbons (Fsp3) is 0.259. The molecule has 3 rings (SSSR count). The highest BCUT2D eigenvalue weighted by Crippen LogP contribution is 2.30. The molecule has 0 heterocycles. The van der Waals surface area contributed by atoms with Gasteiger partial charge in [-0.15, -0.1) is 0 Å². The molecule has 0 N–H and O–H groups in total. The first kappa shape index (κ1) is 22.2. The second-order valence-electron chi connectivity index (χ2n) is 7.37. The van der Waals surface area contributed by atoms with Crippen LogP contribution in [0.4, 0.5) is 8.78 Å². The number of hydrogen-bond donors (Lipinski definition) is 0. The van der Waals surface area contributed by atoms with E-state index in [4.69, 9.17) is 0 Å². The van der Waals surface area contributed by atoms with Crippen LogP contribution in [0, 0.1) is 23.5 Å². The third-order valence-electron chi connectivity index (χ3n) is 5.15. The zero-order valence-electron chi connectivity index (χ0n) is 17.4. The van der Waals surface area contributed by atoms with Crippen LogP contribution in [0.1, 0.15) is 55.4 Å². The molecule has 0 radical (unpaired) electrons. The third-order valence-corrected chi connectivity index (χ3v) is 5.60. The van der Waals surface area contributed by atoms with Gasteiger partial charge < -0.3 is 0 Å². The van der Waals surface area contributed by atoms with E-state index in [1.54, 1.807) is 6.07 Å². The van der Waals surface area contributed by atoms with E-state index in [9.17, 15) is 8.78 Å². The van der Waals surface area contributed by atoms with E-state index in [0.29, 0.717) is 10.0 Å². The number of rotatable bonds is 6. The number of benzene rings is 3. The lowest BCUT2D eigenvalue weighted by Crippen LogP contribution is -1.94. The van der Waals surface area contributed by atoms with Crippen LogP contribution in [-0.4, -0.2) is 0 Å². The number of hydrogen-bond acceptors (Lipinski definition) is 0. The maximum atomic E-state index is 14.3. The van der Waals surface area contributed by atoms with E-state index in [1.165, 1.54) is 37.0 Å². The average molecular weight is 467 g/mol. The van der Waals surface area contributed by atoms with Gasteiger partial charge in [0.15, 0.2) is 0 Å². The molecule has 0 amide bonds. The summed E-state index contributed by atoms with van der Waals surface area (Å²) in [5.41, 5.74) is 4.67. The molecule has 30 heavy (non-hydrogen) atoms. The van der Waals surface area contributed by atoms with Gasteiger partial charge in [-0.05, 0) is 72.4 Å². The fourth-order valence-electron chi connectivity index (χ4n) is 3.46. The molecule has 0 atom stereocenters. The van der Waals surface area contributed by atoms with Crippen molar-refractivity contribution in [3.63, 3.8) is 0 Å². The molecule has 0 bridgehead atoms. The topological polar surface area (TPSA) is 0 Å². The quantitative estimate of drug-likeness (QED) is 0.254. The Labute approximate surface area is 186 Å². The van der Waals surface area contributed by atoms with Gasteiger partial charge in [-0.2, -0.15) is 0 Å². The molecule has 0 aliphatic heterocycles. The Morgan fingerprint density at radius 3 is 2.17 bits per heavy atom. The molecule has 0 nitrogen and oxygen atoms in total. The van der Waals surface area contributed by atoms with Crippen LogP contribution in [0.2, 0.25) is 0 Å². The molecule has 3 aromatic carbocycles. The minimum Gasteiger partial charge on any atom is -0.206 e. The van der Waals surface area contributed by atoms with Crippen molar-refractivity contribution >= 4 is 15.9 Å². The summed E-state index contributed by atoms with van der Waals surface area (Å²) in [6, 6.07) is 16.4. The zero-order valence-corrected chi connectivity index (χ0v) is 19.0. The summed E-state index contributed by atoms with van der Waals surface area (Å²) in [5, 5.41) is 0. The summed E-state index contributed by atoms with van der Waals surface area (Å²) in [7, 11) is 0. The molecule has 0 aliphatic carbocycles. The maximum Gasteiger partial charge on any atom is 0.135 e. The van der Waals surface area contributed by atoms with Crippen LogP contribution in [0.3, 0.4) is 0 Å². The Hall–Kier alpha value is -2.44. The van der Waals surface area contributed by atoms with Crippen molar-refractivity contribution < 1.29 is 8.78 Å². The first-order valence-electron chi connectivity index (χ1n) is 10.4. The van der Waals surface area contributed by atoms with Gasteiger partial charge in [0.1, 0.15) is 11.6 Å². The molecule has 0 saturated carbocycles. The Morgan fingerprint density at radius 1 is 0.833 bits per heavy atom. The maximum absolute atomic E-state index is 14.3. The van der Waals surface area contributed by atoms with Gasteiger partial charge in [0.25, 0.3) is 0 Å². The molecule has 0 aromatic heterocycles. The molecule has 3 aromatic rings. The highest BCUT2D eigenvalue weighted by atomic mass is 79.9. The van der Waals surface area contributed by atoms with Gasteiger partial charge in [0, 0.05) is 15.6 Å². The average Bonchev–Trinajstić information content (AvgIpc) is 2.73. The minimum absolute atomic E-state index is 0.00827. The Bertz CT molecular complexity index is 1050. The van der Waals surface area contributed by atoms with E-state index < -0.39 is 11.6 Å². The van der Waals surface area contributed by atoms with E-state index >= 15 is 0 Å². The molecule has 3 heteroatoms. The van der Waals surface area contributed by atoms with Crippen molar-refractivity contribution in [1.29, 1.82) is 0 Å². The number of aryl methyl sites for hydroxylation is 2. The third kappa shape index (κ3) is 5.58. The SMILES string of the molecule is CCCCCc1ccc(C#Cc2ccc(-c3c(F)cc(Br)cc3F)cc2CC)cc1. The second-order valence-corrected chi connectivity index (χ2v) is 8.29. The predicted molar refractivity (Wildman–Crippen MR) is 125 cm³/mol. The lowest BCUT2D eigenvalue weighted by Gasteiger charge is -2.09. The van der Waals surface area contributed by atoms with Crippen LogP contribution in [-0.2, 0) is 12.8 Å². The normalized spacial score (nSPS) is 10.6. The van der Waals surface area contributed by atoms with Gasteiger partial charge in [0.05, 0.1) is 5.56 Å². The summed E-state index contributed by atoms with van der Waals surface area (Å²) < 4.78 is 29.1. The van der Waals surface area contributed by atoms with Crippen molar-refractivity contribution in [2.45, 2.75) is 46.0 Å². The second kappa shape index (κ2) is 10.5. The van der Waals surface area contributed by atoms with Gasteiger partial charge in [0.2, 0.25) is 0 Å². The standard InChI is InChI=1S/C27H25BrF2/c1-3-5-6-7-19-8-10-20(11-9-19)12-13-22-14-15-23(16-21(22)4-2)27-25(29)17-24(28)18-26(27)30/h8-11,14-18H,3-7H2,1-2H3. The summed E-state index contributed by atoms with van der Waals surface area (Å²) >= 11 is 3.12. The molecule has 0 saturated heterocycles. The molecular weight excluding hydrogens is 442 g/mol. The monoisotopic (exact) mass is 466 g/mol. The molecule has 0 unspecified atom stereocenters. The number of halogens is 3. The lowest BCUT2D eigenvalue weighted by atomic mass is 9.97. The van der Waals surface area contributed by atoms with E-state index in [2.05, 4.69) is 59.0 Å². The molecule has 0 aliphatic rings. The summed E-state index contributed by atoms with van der Waals surface area (Å²) in [6.45, 7) is 4.23. The highest BCUT2D eigenvalue weighted by molar-refractivity contribution is 9.10. The van der Waals surface area contributed by atoms with Crippen LogP contribution >= 0.6 is 15.9 Å². The van der Waals surface area contributed by atoms with Crippen molar-refractivity contribution in [3.05, 3.63) is 93.0 Å². The van der Waals surface area contributed by atoms with Crippen LogP contribution in [0.25, 0.3) is 11.1 Å². The molecule has 154 valence electrons. The van der Waals surface area contributed by atoms with E-state index in [-0.39, 0.29) is 5.56 Å². The van der Waals surface area contributed by atoms with Gasteiger partial charge in [-0.25, -0.2) is 8.78 Å². The summed E-state index contributed by atoms with van der Waals surface area (Å²) in [5.74, 6) is 5.28. The van der Waals surface area contributed by atoms with Gasteiger partial charge in [-0.1, -0.05) is 72.7 Å². The molecule has 0 spiro atoms. The molecule has 0 fully saturated rings. The highest BCUT2D eigenvalue weighted by Gasteiger charge is 2.14. The van der Waals surface area contributed by atoms with E-state index in [1.807, 2.05) is 19.1 Å². The number of unbranched alkanes of at least 4 members (excludes halogenated alkanes) is 2. The molecular formula is C27H25BrF2. The van der Waals surface area contributed by atoms with Crippen LogP contribution < -0.4 is 0 Å². The first-order chi connectivity index (χ1) is 14.5. The van der Waals surface area contributed by atoms with Gasteiger partial charge >= 0.3 is 0 Å². The summed E-state index contributed by atoms with van der Waals surface area (Å²) in [6.07, 6.45) is 5.53. The Balaban J connectivity index is 1.84. The smallest absolute Gasteiger partial charge is 0.135 e. The van der Waals surface area contributed by atoms with Crippen molar-refractivity contribution in [2.24, 2.45) is 0 Å². The van der Waals surface area contributed by atoms with Gasteiger partial charge in [-0.3, -0.25) is 0 Å². The zero-order chi connectivity index (χ0) is 21.5. The predicted octanol–water partition coefficient (Wildman–Crippen LogP) is 8.09. The van der Waals surface area contributed by atoms with E-state index in [0.717, 1.165) is 29.5 Å². The van der Waals surface area contributed by atoms with Crippen molar-refractivity contribution in [2.75, 3.05) is 0 Å². The Morgan fingerprint density at radius 2 is 1.53 bits per heavy atom. The lowest BCUT2D eigenvalue weighted by molar-refractivity contribution is 0.588.